The molecule has 0 aromatic heterocycles. The summed E-state index contributed by atoms with van der Waals surface area (Å²) in [6.07, 6.45) is 7.46. The molecule has 1 aliphatic carbocycles. The Hall–Kier alpha value is -1.70. The molecule has 1 aliphatic rings. The van der Waals surface area contributed by atoms with Crippen LogP contribution >= 0.6 is 23.4 Å². The molecular weight excluding hydrogens is 476 g/mol. The Bertz CT molecular complexity index is 1040. The molecule has 0 radical (unpaired) electrons. The highest BCUT2D eigenvalue weighted by molar-refractivity contribution is 7.99. The van der Waals surface area contributed by atoms with Crippen LogP contribution in [0.15, 0.2) is 47.4 Å². The fraction of sp³-hybridized carbons (Fsp3) is 0.480. The lowest BCUT2D eigenvalue weighted by molar-refractivity contribution is -0.119. The molecule has 0 bridgehead atoms. The van der Waals surface area contributed by atoms with Gasteiger partial charge in [0.25, 0.3) is 10.0 Å². The highest BCUT2D eigenvalue weighted by atomic mass is 35.5. The van der Waals surface area contributed by atoms with Crippen molar-refractivity contribution in [3.05, 3.63) is 58.6 Å². The molecule has 5 nitrogen and oxygen atoms in total. The first-order chi connectivity index (χ1) is 15.8. The van der Waals surface area contributed by atoms with E-state index in [1.54, 1.807) is 49.4 Å². The Balaban J connectivity index is 1.66. The van der Waals surface area contributed by atoms with E-state index in [-0.39, 0.29) is 17.3 Å². The molecule has 1 fully saturated rings. The van der Waals surface area contributed by atoms with Crippen LogP contribution in [-0.2, 0) is 14.8 Å². The lowest BCUT2D eigenvalue weighted by atomic mass is 10.0. The fourth-order valence-corrected chi connectivity index (χ4v) is 7.03. The Morgan fingerprint density at radius 1 is 1.09 bits per heavy atom. The second-order valence-corrected chi connectivity index (χ2v) is 12.3. The molecule has 0 unspecified atom stereocenters. The van der Waals surface area contributed by atoms with Crippen LogP contribution in [0, 0.1) is 13.8 Å². The summed E-state index contributed by atoms with van der Waals surface area (Å²) in [5.74, 6) is 0.690. The number of hydrogen-bond donors (Lipinski definition) is 1. The molecular formula is C25H33ClN2O3S2. The van der Waals surface area contributed by atoms with Gasteiger partial charge in [-0.05, 0) is 74.8 Å². The summed E-state index contributed by atoms with van der Waals surface area (Å²) in [4.78, 5) is 12.9. The molecule has 8 heteroatoms. The van der Waals surface area contributed by atoms with Crippen LogP contribution in [0.4, 0.5) is 5.69 Å². The smallest absolute Gasteiger partial charge is 0.264 e. The topological polar surface area (TPSA) is 66.5 Å². The number of nitrogens with one attached hydrogen (secondary N) is 1. The molecule has 0 atom stereocenters. The SMILES string of the molecule is Cc1ccc(S(=O)(=O)N(CC(=O)NCCCSC2CCCCC2)c2ccc(Cl)cc2C)cc1. The number of benzene rings is 2. The zero-order valence-corrected chi connectivity index (χ0v) is 21.7. The van der Waals surface area contributed by atoms with Crippen LogP contribution in [0.3, 0.4) is 0 Å². The fourth-order valence-electron chi connectivity index (χ4n) is 4.00. The minimum absolute atomic E-state index is 0.152. The highest BCUT2D eigenvalue weighted by Crippen LogP contribution is 2.30. The van der Waals surface area contributed by atoms with E-state index in [0.717, 1.165) is 23.0 Å². The van der Waals surface area contributed by atoms with Gasteiger partial charge in [-0.3, -0.25) is 9.10 Å². The molecule has 0 aliphatic heterocycles. The average molecular weight is 509 g/mol. The number of rotatable bonds is 10. The predicted molar refractivity (Wildman–Crippen MR) is 139 cm³/mol. The van der Waals surface area contributed by atoms with E-state index in [1.807, 2.05) is 18.7 Å². The van der Waals surface area contributed by atoms with E-state index in [4.69, 9.17) is 11.6 Å². The second-order valence-electron chi connectivity index (χ2n) is 8.59. The molecule has 1 saturated carbocycles. The number of amides is 1. The van der Waals surface area contributed by atoms with Gasteiger partial charge >= 0.3 is 0 Å². The molecule has 0 spiro atoms. The van der Waals surface area contributed by atoms with Gasteiger partial charge in [0.1, 0.15) is 6.54 Å². The van der Waals surface area contributed by atoms with E-state index in [0.29, 0.717) is 22.8 Å². The molecule has 0 heterocycles. The lowest BCUT2D eigenvalue weighted by Gasteiger charge is -2.26. The molecule has 3 rings (SSSR count). The highest BCUT2D eigenvalue weighted by Gasteiger charge is 2.28. The van der Waals surface area contributed by atoms with E-state index < -0.39 is 10.0 Å². The first-order valence-corrected chi connectivity index (χ1v) is 14.4. The van der Waals surface area contributed by atoms with Crippen LogP contribution < -0.4 is 9.62 Å². The maximum absolute atomic E-state index is 13.5. The zero-order valence-electron chi connectivity index (χ0n) is 19.3. The van der Waals surface area contributed by atoms with Crippen molar-refractivity contribution in [1.29, 1.82) is 0 Å². The van der Waals surface area contributed by atoms with Crippen LogP contribution in [0.25, 0.3) is 0 Å². The van der Waals surface area contributed by atoms with Gasteiger partial charge in [0.05, 0.1) is 10.6 Å². The van der Waals surface area contributed by atoms with Gasteiger partial charge in [-0.25, -0.2) is 8.42 Å². The molecule has 180 valence electrons. The van der Waals surface area contributed by atoms with E-state index >= 15 is 0 Å². The third-order valence-corrected chi connectivity index (χ3v) is 9.35. The Morgan fingerprint density at radius 2 is 1.79 bits per heavy atom. The van der Waals surface area contributed by atoms with Crippen molar-refractivity contribution in [2.24, 2.45) is 0 Å². The number of carbonyl (C=O) groups excluding carboxylic acids is 1. The molecule has 33 heavy (non-hydrogen) atoms. The van der Waals surface area contributed by atoms with Crippen LogP contribution in [0.1, 0.15) is 49.7 Å². The Morgan fingerprint density at radius 3 is 2.45 bits per heavy atom. The van der Waals surface area contributed by atoms with Gasteiger partial charge in [0.2, 0.25) is 5.91 Å². The third-order valence-electron chi connectivity index (χ3n) is 5.87. The van der Waals surface area contributed by atoms with E-state index in [2.05, 4.69) is 5.32 Å². The van der Waals surface area contributed by atoms with Gasteiger partial charge in [-0.1, -0.05) is 48.6 Å². The molecule has 0 saturated heterocycles. The van der Waals surface area contributed by atoms with Gasteiger partial charge < -0.3 is 5.32 Å². The number of hydrogen-bond acceptors (Lipinski definition) is 4. The summed E-state index contributed by atoms with van der Waals surface area (Å²) < 4.78 is 28.1. The Labute approximate surface area is 207 Å². The first kappa shape index (κ1) is 25.9. The first-order valence-electron chi connectivity index (χ1n) is 11.5. The molecule has 2 aromatic carbocycles. The number of anilines is 1. The van der Waals surface area contributed by atoms with Crippen LogP contribution in [0.5, 0.6) is 0 Å². The molecule has 2 aromatic rings. The summed E-state index contributed by atoms with van der Waals surface area (Å²) in [7, 11) is -3.93. The van der Waals surface area contributed by atoms with Crippen molar-refractivity contribution in [2.75, 3.05) is 23.1 Å². The van der Waals surface area contributed by atoms with Gasteiger partial charge in [-0.2, -0.15) is 11.8 Å². The summed E-state index contributed by atoms with van der Waals surface area (Å²) in [6.45, 7) is 3.95. The monoisotopic (exact) mass is 508 g/mol. The number of aryl methyl sites for hydroxylation is 2. The van der Waals surface area contributed by atoms with Crippen molar-refractivity contribution >= 4 is 45.0 Å². The standard InChI is InChI=1S/C25H33ClN2O3S2/c1-19-9-12-23(13-10-19)33(30,31)28(24-14-11-21(26)17-20(24)2)18-25(29)27-15-6-16-32-22-7-4-3-5-8-22/h9-14,17,22H,3-8,15-16,18H2,1-2H3,(H,27,29). The zero-order chi connectivity index (χ0) is 23.8. The van der Waals surface area contributed by atoms with Crippen molar-refractivity contribution in [1.82, 2.24) is 5.32 Å². The maximum atomic E-state index is 13.5. The number of sulfonamides is 1. The van der Waals surface area contributed by atoms with Crippen LogP contribution in [0.2, 0.25) is 5.02 Å². The number of carbonyl (C=O) groups is 1. The average Bonchev–Trinajstić information content (AvgIpc) is 2.78. The predicted octanol–water partition coefficient (Wildman–Crippen LogP) is 5.72. The molecule has 1 N–H and O–H groups in total. The van der Waals surface area contributed by atoms with Crippen molar-refractivity contribution in [2.45, 2.75) is 62.5 Å². The second kappa shape index (κ2) is 12.1. The Kier molecular flexibility index (Phi) is 9.53. The maximum Gasteiger partial charge on any atom is 0.264 e. The number of nitrogens with zero attached hydrogens (tertiary/aromatic N) is 1. The minimum Gasteiger partial charge on any atom is -0.354 e. The normalized spacial score (nSPS) is 14.8. The summed E-state index contributed by atoms with van der Waals surface area (Å²) in [5.41, 5.74) is 2.10. The summed E-state index contributed by atoms with van der Waals surface area (Å²) >= 11 is 8.08. The van der Waals surface area contributed by atoms with Gasteiger partial charge in [-0.15, -0.1) is 0 Å². The van der Waals surface area contributed by atoms with E-state index in [9.17, 15) is 13.2 Å². The van der Waals surface area contributed by atoms with E-state index in [1.165, 1.54) is 36.4 Å². The number of halogens is 1. The van der Waals surface area contributed by atoms with Gasteiger partial charge in [0, 0.05) is 16.8 Å². The summed E-state index contributed by atoms with van der Waals surface area (Å²) in [6, 6.07) is 11.6. The minimum atomic E-state index is -3.93. The lowest BCUT2D eigenvalue weighted by Crippen LogP contribution is -2.41. The largest absolute Gasteiger partial charge is 0.354 e. The van der Waals surface area contributed by atoms with Crippen molar-refractivity contribution < 1.29 is 13.2 Å². The van der Waals surface area contributed by atoms with Crippen molar-refractivity contribution in [3.8, 4) is 0 Å². The van der Waals surface area contributed by atoms with Crippen LogP contribution in [-0.4, -0.2) is 38.4 Å². The quantitative estimate of drug-likeness (QED) is 0.416. The number of thioether (sulfide) groups is 1. The summed E-state index contributed by atoms with van der Waals surface area (Å²) in [5, 5.41) is 4.16. The third kappa shape index (κ3) is 7.39. The van der Waals surface area contributed by atoms with Gasteiger partial charge in [0.15, 0.2) is 0 Å². The molecule has 1 amide bonds. The van der Waals surface area contributed by atoms with Crippen molar-refractivity contribution in [3.63, 3.8) is 0 Å².